The molecule has 1 aromatic rings. The number of likely N-dealkylation sites (tertiary alicyclic amines) is 1. The minimum Gasteiger partial charge on any atom is -0.475 e. The van der Waals surface area contributed by atoms with E-state index in [0.717, 1.165) is 31.5 Å². The maximum absolute atomic E-state index is 9.26. The molecule has 2 heterocycles. The van der Waals surface area contributed by atoms with Gasteiger partial charge in [0.05, 0.1) is 0 Å². The first kappa shape index (κ1) is 13.4. The third-order valence-electron chi connectivity index (χ3n) is 4.47. The van der Waals surface area contributed by atoms with Gasteiger partial charge >= 0.3 is 0 Å². The van der Waals surface area contributed by atoms with Gasteiger partial charge in [-0.25, -0.2) is 4.98 Å². The van der Waals surface area contributed by atoms with Gasteiger partial charge in [0.15, 0.2) is 0 Å². The van der Waals surface area contributed by atoms with Gasteiger partial charge in [-0.15, -0.1) is 0 Å². The maximum atomic E-state index is 9.26. The average Bonchev–Trinajstić information content (AvgIpc) is 2.92. The highest BCUT2D eigenvalue weighted by Gasteiger charge is 2.21. The molecule has 1 fully saturated rings. The molecule has 20 heavy (non-hydrogen) atoms. The third-order valence-corrected chi connectivity index (χ3v) is 4.47. The number of fused-ring (bicyclic) bond motifs is 1. The van der Waals surface area contributed by atoms with E-state index in [0.29, 0.717) is 24.1 Å². The highest BCUT2D eigenvalue weighted by atomic mass is 16.5. The van der Waals surface area contributed by atoms with Crippen molar-refractivity contribution >= 4 is 0 Å². The first-order valence-electron chi connectivity index (χ1n) is 7.54. The fourth-order valence-electron chi connectivity index (χ4n) is 3.17. The van der Waals surface area contributed by atoms with Crippen molar-refractivity contribution in [3.05, 3.63) is 22.9 Å². The van der Waals surface area contributed by atoms with Crippen LogP contribution in [0.3, 0.4) is 0 Å². The lowest BCUT2D eigenvalue weighted by Gasteiger charge is -2.32. The van der Waals surface area contributed by atoms with Crippen molar-refractivity contribution in [3.8, 4) is 11.9 Å². The average molecular weight is 271 g/mol. The van der Waals surface area contributed by atoms with Gasteiger partial charge in [-0.3, -0.25) is 0 Å². The van der Waals surface area contributed by atoms with Gasteiger partial charge in [0, 0.05) is 11.7 Å². The summed E-state index contributed by atoms with van der Waals surface area (Å²) in [5.74, 6) is 0.534. The number of aromatic nitrogens is 1. The van der Waals surface area contributed by atoms with E-state index in [2.05, 4.69) is 23.0 Å². The number of rotatable bonds is 3. The van der Waals surface area contributed by atoms with Gasteiger partial charge in [-0.1, -0.05) is 6.42 Å². The normalized spacial score (nSPS) is 22.3. The summed E-state index contributed by atoms with van der Waals surface area (Å²) in [7, 11) is 2.15. The highest BCUT2D eigenvalue weighted by molar-refractivity contribution is 5.44. The molecule has 0 spiro atoms. The molecule has 106 valence electrons. The number of nitriles is 1. The molecule has 4 nitrogen and oxygen atoms in total. The topological polar surface area (TPSA) is 49.1 Å². The number of aryl methyl sites for hydroxylation is 2. The fourth-order valence-corrected chi connectivity index (χ4v) is 3.17. The standard InChI is InChI=1S/C16H21N3O/c1-19-8-3-2-6-14(19)11-20-16-13(10-17)9-12-5-4-7-15(12)18-16/h9,14H,2-8,11H2,1H3. The van der Waals surface area contributed by atoms with E-state index in [1.165, 1.54) is 24.8 Å². The van der Waals surface area contributed by atoms with Crippen molar-refractivity contribution in [2.45, 2.75) is 44.6 Å². The van der Waals surface area contributed by atoms with Gasteiger partial charge in [0.2, 0.25) is 5.88 Å². The number of likely N-dealkylation sites (N-methyl/N-ethyl adjacent to an activating group) is 1. The molecule has 0 N–H and O–H groups in total. The predicted octanol–water partition coefficient (Wildman–Crippen LogP) is 2.31. The number of hydrogen-bond acceptors (Lipinski definition) is 4. The molecule has 2 aliphatic rings. The number of pyridine rings is 1. The lowest BCUT2D eigenvalue weighted by molar-refractivity contribution is 0.122. The SMILES string of the molecule is CN1CCCCC1COc1nc2c(cc1C#N)CCC2. The van der Waals surface area contributed by atoms with Gasteiger partial charge in [-0.05, 0) is 57.3 Å². The van der Waals surface area contributed by atoms with Crippen molar-refractivity contribution in [3.63, 3.8) is 0 Å². The zero-order valence-electron chi connectivity index (χ0n) is 12.1. The molecular weight excluding hydrogens is 250 g/mol. The van der Waals surface area contributed by atoms with E-state index in [1.54, 1.807) is 0 Å². The van der Waals surface area contributed by atoms with Gasteiger partial charge in [0.25, 0.3) is 0 Å². The van der Waals surface area contributed by atoms with Crippen molar-refractivity contribution in [1.29, 1.82) is 5.26 Å². The third kappa shape index (κ3) is 2.64. The minimum atomic E-state index is 0.449. The summed E-state index contributed by atoms with van der Waals surface area (Å²) < 4.78 is 5.89. The van der Waals surface area contributed by atoms with Crippen LogP contribution in [0.5, 0.6) is 5.88 Å². The van der Waals surface area contributed by atoms with Gasteiger partial charge < -0.3 is 9.64 Å². The Bertz CT molecular complexity index is 535. The Balaban J connectivity index is 1.72. The molecular formula is C16H21N3O. The van der Waals surface area contributed by atoms with Crippen LogP contribution in [0.15, 0.2) is 6.07 Å². The second kappa shape index (κ2) is 5.80. The minimum absolute atomic E-state index is 0.449. The second-order valence-electron chi connectivity index (χ2n) is 5.85. The van der Waals surface area contributed by atoms with Gasteiger partial charge in [0.1, 0.15) is 18.2 Å². The van der Waals surface area contributed by atoms with Gasteiger partial charge in [-0.2, -0.15) is 5.26 Å². The van der Waals surface area contributed by atoms with Crippen LogP contribution in [0.2, 0.25) is 0 Å². The maximum Gasteiger partial charge on any atom is 0.231 e. The van der Waals surface area contributed by atoms with Crippen LogP contribution in [0, 0.1) is 11.3 Å². The number of piperidine rings is 1. The fraction of sp³-hybridized carbons (Fsp3) is 0.625. The Morgan fingerprint density at radius 3 is 3.10 bits per heavy atom. The number of nitrogens with zero attached hydrogens (tertiary/aromatic N) is 3. The largest absolute Gasteiger partial charge is 0.475 e. The molecule has 0 bridgehead atoms. The zero-order chi connectivity index (χ0) is 13.9. The highest BCUT2D eigenvalue weighted by Crippen LogP contribution is 2.26. The molecule has 1 unspecified atom stereocenters. The van der Waals surface area contributed by atoms with E-state index >= 15 is 0 Å². The van der Waals surface area contributed by atoms with Crippen LogP contribution in [-0.4, -0.2) is 36.1 Å². The Labute approximate surface area is 120 Å². The van der Waals surface area contributed by atoms with Crippen LogP contribution in [0.25, 0.3) is 0 Å². The molecule has 1 aliphatic carbocycles. The van der Waals surface area contributed by atoms with E-state index in [1.807, 2.05) is 6.07 Å². The van der Waals surface area contributed by atoms with E-state index in [4.69, 9.17) is 4.74 Å². The molecule has 1 saturated heterocycles. The Morgan fingerprint density at radius 2 is 2.30 bits per heavy atom. The molecule has 3 rings (SSSR count). The molecule has 1 aromatic heterocycles. The van der Waals surface area contributed by atoms with Crippen LogP contribution >= 0.6 is 0 Å². The molecule has 0 radical (unpaired) electrons. The van der Waals surface area contributed by atoms with Crippen molar-refractivity contribution in [2.75, 3.05) is 20.2 Å². The molecule has 1 aliphatic heterocycles. The summed E-state index contributed by atoms with van der Waals surface area (Å²) in [6.45, 7) is 1.77. The van der Waals surface area contributed by atoms with Crippen LogP contribution in [0.1, 0.15) is 42.5 Å². The Morgan fingerprint density at radius 1 is 1.40 bits per heavy atom. The summed E-state index contributed by atoms with van der Waals surface area (Å²) >= 11 is 0. The Kier molecular flexibility index (Phi) is 3.88. The van der Waals surface area contributed by atoms with Crippen molar-refractivity contribution < 1.29 is 4.74 Å². The Hall–Kier alpha value is -1.60. The molecule has 0 saturated carbocycles. The molecule has 1 atom stereocenters. The predicted molar refractivity (Wildman–Crippen MR) is 76.7 cm³/mol. The lowest BCUT2D eigenvalue weighted by atomic mass is 10.0. The smallest absolute Gasteiger partial charge is 0.231 e. The number of ether oxygens (including phenoxy) is 1. The molecule has 4 heteroatoms. The molecule has 0 aromatic carbocycles. The van der Waals surface area contributed by atoms with E-state index in [9.17, 15) is 5.26 Å². The molecule has 0 amide bonds. The van der Waals surface area contributed by atoms with Crippen LogP contribution in [0.4, 0.5) is 0 Å². The quantitative estimate of drug-likeness (QED) is 0.846. The van der Waals surface area contributed by atoms with Crippen molar-refractivity contribution in [1.82, 2.24) is 9.88 Å². The second-order valence-corrected chi connectivity index (χ2v) is 5.85. The summed E-state index contributed by atoms with van der Waals surface area (Å²) in [5, 5.41) is 9.26. The first-order chi connectivity index (χ1) is 9.78. The monoisotopic (exact) mass is 271 g/mol. The zero-order valence-corrected chi connectivity index (χ0v) is 12.1. The first-order valence-corrected chi connectivity index (χ1v) is 7.54. The lowest BCUT2D eigenvalue weighted by Crippen LogP contribution is -2.40. The van der Waals surface area contributed by atoms with Crippen molar-refractivity contribution in [2.24, 2.45) is 0 Å². The summed E-state index contributed by atoms with van der Waals surface area (Å²) in [4.78, 5) is 6.92. The summed E-state index contributed by atoms with van der Waals surface area (Å²) in [5.41, 5.74) is 2.93. The van der Waals surface area contributed by atoms with E-state index in [-0.39, 0.29) is 0 Å². The summed E-state index contributed by atoms with van der Waals surface area (Å²) in [6.07, 6.45) is 6.91. The van der Waals surface area contributed by atoms with E-state index < -0.39 is 0 Å². The van der Waals surface area contributed by atoms with Crippen LogP contribution < -0.4 is 4.74 Å². The summed E-state index contributed by atoms with van der Waals surface area (Å²) in [6, 6.07) is 4.64. The number of hydrogen-bond donors (Lipinski definition) is 0. The van der Waals surface area contributed by atoms with Crippen LogP contribution in [-0.2, 0) is 12.8 Å².